The number of urea groups is 1. The average molecular weight is 517 g/mol. The maximum Gasteiger partial charge on any atom is 0.319 e. The van der Waals surface area contributed by atoms with Gasteiger partial charge < -0.3 is 15.5 Å². The Kier molecular flexibility index (Phi) is 8.82. The molecule has 1 aliphatic rings. The van der Waals surface area contributed by atoms with E-state index >= 15 is 0 Å². The summed E-state index contributed by atoms with van der Waals surface area (Å²) in [6, 6.07) is 35.4. The zero-order valence-corrected chi connectivity index (χ0v) is 22.5. The number of anilines is 1. The fraction of sp³-hybridized carbons (Fsp3) is 0.235. The summed E-state index contributed by atoms with van der Waals surface area (Å²) in [7, 11) is 0. The van der Waals surface area contributed by atoms with Crippen LogP contribution in [-0.2, 0) is 0 Å². The van der Waals surface area contributed by atoms with Crippen molar-refractivity contribution in [3.8, 4) is 0 Å². The minimum atomic E-state index is -0.170. The van der Waals surface area contributed by atoms with Crippen LogP contribution < -0.4 is 10.6 Å². The Hall–Kier alpha value is -4.22. The van der Waals surface area contributed by atoms with Crippen LogP contribution >= 0.6 is 0 Å². The van der Waals surface area contributed by atoms with Gasteiger partial charge in [0.15, 0.2) is 0 Å². The smallest absolute Gasteiger partial charge is 0.319 e. The zero-order valence-electron chi connectivity index (χ0n) is 22.5. The quantitative estimate of drug-likeness (QED) is 0.252. The van der Waals surface area contributed by atoms with Gasteiger partial charge in [0.1, 0.15) is 0 Å². The molecule has 5 rings (SSSR count). The van der Waals surface area contributed by atoms with Crippen molar-refractivity contribution in [1.82, 2.24) is 15.2 Å². The zero-order chi connectivity index (χ0) is 26.9. The molecule has 1 aromatic heterocycles. The van der Waals surface area contributed by atoms with Crippen molar-refractivity contribution < 1.29 is 4.79 Å². The number of pyridine rings is 1. The first-order valence-electron chi connectivity index (χ1n) is 13.7. The summed E-state index contributed by atoms with van der Waals surface area (Å²) in [5.41, 5.74) is 6.23. The van der Waals surface area contributed by atoms with Crippen molar-refractivity contribution in [2.45, 2.75) is 31.7 Å². The second-order valence-electron chi connectivity index (χ2n) is 10.2. The highest BCUT2D eigenvalue weighted by Gasteiger charge is 2.25. The van der Waals surface area contributed by atoms with Crippen LogP contribution in [-0.4, -0.2) is 41.6 Å². The van der Waals surface area contributed by atoms with Crippen LogP contribution in [0, 0.1) is 6.92 Å². The number of benzene rings is 3. The molecule has 1 atom stereocenters. The molecule has 2 N–H and O–H groups in total. The average Bonchev–Trinajstić information content (AvgIpc) is 3.40. The van der Waals surface area contributed by atoms with E-state index in [2.05, 4.69) is 81.2 Å². The van der Waals surface area contributed by atoms with Crippen LogP contribution in [0.4, 0.5) is 10.5 Å². The summed E-state index contributed by atoms with van der Waals surface area (Å²) in [6.45, 7) is 4.79. The molecule has 5 nitrogen and oxygen atoms in total. The van der Waals surface area contributed by atoms with Crippen LogP contribution in [0.15, 0.2) is 103 Å². The molecule has 3 aromatic carbocycles. The number of carbonyl (C=O) groups is 1. The molecule has 0 unspecified atom stereocenters. The number of rotatable bonds is 9. The Morgan fingerprint density at radius 3 is 2.23 bits per heavy atom. The molecule has 0 saturated carbocycles. The van der Waals surface area contributed by atoms with Gasteiger partial charge in [-0.15, -0.1) is 0 Å². The first-order valence-corrected chi connectivity index (χ1v) is 13.7. The first-order chi connectivity index (χ1) is 19.1. The Morgan fingerprint density at radius 2 is 1.56 bits per heavy atom. The van der Waals surface area contributed by atoms with Crippen LogP contribution in [0.3, 0.4) is 0 Å². The Labute approximate surface area is 231 Å². The molecule has 1 aliphatic heterocycles. The first kappa shape index (κ1) is 26.4. The van der Waals surface area contributed by atoms with Crippen LogP contribution in [0.5, 0.6) is 0 Å². The van der Waals surface area contributed by atoms with Gasteiger partial charge in [0, 0.05) is 36.4 Å². The van der Waals surface area contributed by atoms with E-state index in [0.29, 0.717) is 5.92 Å². The summed E-state index contributed by atoms with van der Waals surface area (Å²) in [4.78, 5) is 19.9. The molecule has 4 aromatic rings. The van der Waals surface area contributed by atoms with Crippen LogP contribution in [0.1, 0.15) is 46.8 Å². The number of hydrogen-bond acceptors (Lipinski definition) is 3. The second-order valence-corrected chi connectivity index (χ2v) is 10.2. The third kappa shape index (κ3) is 7.65. The van der Waals surface area contributed by atoms with E-state index in [4.69, 9.17) is 0 Å². The lowest BCUT2D eigenvalue weighted by molar-refractivity contribution is 0.247. The number of amides is 2. The topological polar surface area (TPSA) is 57.3 Å². The molecule has 5 heteroatoms. The summed E-state index contributed by atoms with van der Waals surface area (Å²) >= 11 is 0. The standard InChI is InChI=1S/C34H36N4O/c1-26-23-32(24-30(35-26)18-17-27-11-5-2-6-12-27)37-34(39)36-31-19-21-38(25-31)22-20-33(28-13-7-3-8-14-28)29-15-9-4-10-16-29/h2-18,23-24,31,33H,19-22,25H2,1H3,(H2,35,36,37,39)/b18-17+/t31-/m0/s1. The summed E-state index contributed by atoms with van der Waals surface area (Å²) < 4.78 is 0. The van der Waals surface area contributed by atoms with Crippen molar-refractivity contribution in [2.75, 3.05) is 25.0 Å². The van der Waals surface area contributed by atoms with E-state index < -0.39 is 0 Å². The van der Waals surface area contributed by atoms with Crippen molar-refractivity contribution in [3.05, 3.63) is 131 Å². The van der Waals surface area contributed by atoms with E-state index in [1.807, 2.05) is 61.5 Å². The predicted octanol–water partition coefficient (Wildman–Crippen LogP) is 6.98. The Morgan fingerprint density at radius 1 is 0.923 bits per heavy atom. The number of likely N-dealkylation sites (tertiary alicyclic amines) is 1. The molecule has 2 heterocycles. The van der Waals surface area contributed by atoms with Gasteiger partial charge in [-0.05, 0) is 61.2 Å². The summed E-state index contributed by atoms with van der Waals surface area (Å²) in [5, 5.41) is 6.19. The molecule has 0 radical (unpaired) electrons. The van der Waals surface area contributed by atoms with Crippen molar-refractivity contribution >= 4 is 23.9 Å². The maximum absolute atomic E-state index is 12.8. The van der Waals surface area contributed by atoms with Gasteiger partial charge in [-0.25, -0.2) is 4.79 Å². The molecule has 39 heavy (non-hydrogen) atoms. The second kappa shape index (κ2) is 13.0. The number of aryl methyl sites for hydroxylation is 1. The minimum absolute atomic E-state index is 0.136. The van der Waals surface area contributed by atoms with Crippen LogP contribution in [0.25, 0.3) is 12.2 Å². The van der Waals surface area contributed by atoms with E-state index in [0.717, 1.165) is 55.1 Å². The molecule has 0 aliphatic carbocycles. The highest BCUT2D eigenvalue weighted by molar-refractivity contribution is 5.90. The van der Waals surface area contributed by atoms with Crippen molar-refractivity contribution in [2.24, 2.45) is 0 Å². The summed E-state index contributed by atoms with van der Waals surface area (Å²) in [6.07, 6.45) is 6.00. The monoisotopic (exact) mass is 516 g/mol. The lowest BCUT2D eigenvalue weighted by atomic mass is 9.88. The van der Waals surface area contributed by atoms with E-state index in [-0.39, 0.29) is 12.1 Å². The summed E-state index contributed by atoms with van der Waals surface area (Å²) in [5.74, 6) is 0.364. The minimum Gasteiger partial charge on any atom is -0.334 e. The number of nitrogens with zero attached hydrogens (tertiary/aromatic N) is 2. The fourth-order valence-corrected chi connectivity index (χ4v) is 5.31. The van der Waals surface area contributed by atoms with Crippen LogP contribution in [0.2, 0.25) is 0 Å². The van der Waals surface area contributed by atoms with Crippen molar-refractivity contribution in [3.63, 3.8) is 0 Å². The lowest BCUT2D eigenvalue weighted by Gasteiger charge is -2.22. The molecule has 1 saturated heterocycles. The predicted molar refractivity (Wildman–Crippen MR) is 161 cm³/mol. The number of aromatic nitrogens is 1. The van der Waals surface area contributed by atoms with Gasteiger partial charge in [-0.3, -0.25) is 4.98 Å². The lowest BCUT2D eigenvalue weighted by Crippen LogP contribution is -2.39. The van der Waals surface area contributed by atoms with E-state index in [9.17, 15) is 4.79 Å². The molecule has 0 spiro atoms. The van der Waals surface area contributed by atoms with Gasteiger partial charge in [0.05, 0.1) is 5.69 Å². The third-order valence-electron chi connectivity index (χ3n) is 7.22. The highest BCUT2D eigenvalue weighted by Crippen LogP contribution is 2.28. The molecular weight excluding hydrogens is 480 g/mol. The largest absolute Gasteiger partial charge is 0.334 e. The molecule has 2 amide bonds. The van der Waals surface area contributed by atoms with Crippen molar-refractivity contribution in [1.29, 1.82) is 0 Å². The SMILES string of the molecule is Cc1cc(NC(=O)N[C@H]2CCN(CCC(c3ccccc3)c3ccccc3)C2)cc(/C=C/c2ccccc2)n1. The third-order valence-corrected chi connectivity index (χ3v) is 7.22. The van der Waals surface area contributed by atoms with E-state index in [1.165, 1.54) is 11.1 Å². The maximum atomic E-state index is 12.8. The van der Waals surface area contributed by atoms with Gasteiger partial charge in [-0.2, -0.15) is 0 Å². The highest BCUT2D eigenvalue weighted by atomic mass is 16.2. The normalized spacial score (nSPS) is 15.6. The van der Waals surface area contributed by atoms with E-state index in [1.54, 1.807) is 0 Å². The van der Waals surface area contributed by atoms with Gasteiger partial charge in [0.2, 0.25) is 0 Å². The Balaban J connectivity index is 1.14. The van der Waals surface area contributed by atoms with Gasteiger partial charge in [0.25, 0.3) is 0 Å². The number of nitrogens with one attached hydrogen (secondary N) is 2. The fourth-order valence-electron chi connectivity index (χ4n) is 5.31. The molecule has 198 valence electrons. The number of hydrogen-bond donors (Lipinski definition) is 2. The van der Waals surface area contributed by atoms with Gasteiger partial charge >= 0.3 is 6.03 Å². The number of carbonyl (C=O) groups excluding carboxylic acids is 1. The Bertz CT molecular complexity index is 1330. The molecule has 1 fully saturated rings. The van der Waals surface area contributed by atoms with Gasteiger partial charge in [-0.1, -0.05) is 97.1 Å². The molecule has 0 bridgehead atoms. The molecular formula is C34H36N4O.